The third-order valence-corrected chi connectivity index (χ3v) is 8.96. The molecular weight excluding hydrogens is 626 g/mol. The number of hydrogen-bond donors (Lipinski definition) is 1. The van der Waals surface area contributed by atoms with E-state index in [-0.39, 0.29) is 22.8 Å². The molecule has 0 amide bonds. The zero-order valence-corrected chi connectivity index (χ0v) is 27.8. The first-order chi connectivity index (χ1) is 20.1. The summed E-state index contributed by atoms with van der Waals surface area (Å²) in [5, 5.41) is 1.65. The highest BCUT2D eigenvalue weighted by Gasteiger charge is 2.20. The van der Waals surface area contributed by atoms with Gasteiger partial charge in [-0.2, -0.15) is 0 Å². The smallest absolute Gasteiger partial charge is 0.241 e. The minimum atomic E-state index is -3.63. The maximum absolute atomic E-state index is 13.2. The van der Waals surface area contributed by atoms with E-state index in [9.17, 15) is 13.2 Å². The van der Waals surface area contributed by atoms with Crippen LogP contribution in [-0.4, -0.2) is 73.1 Å². The van der Waals surface area contributed by atoms with Crippen LogP contribution in [-0.2, 0) is 10.0 Å². The number of sulfonamides is 1. The van der Waals surface area contributed by atoms with Crippen molar-refractivity contribution in [3.8, 4) is 5.75 Å². The summed E-state index contributed by atoms with van der Waals surface area (Å²) in [6.07, 6.45) is 2.65. The predicted molar refractivity (Wildman–Crippen MR) is 171 cm³/mol. The number of carbonyl (C=O) groups excluding carboxylic acids is 1. The molecule has 4 rings (SSSR count). The molecule has 1 N–H and O–H groups in total. The summed E-state index contributed by atoms with van der Waals surface area (Å²) in [5.41, 5.74) is 2.31. The van der Waals surface area contributed by atoms with E-state index in [1.165, 1.54) is 0 Å². The number of ketones is 1. The quantitative estimate of drug-likeness (QED) is 0.120. The van der Waals surface area contributed by atoms with Gasteiger partial charge in [0.25, 0.3) is 0 Å². The SMILES string of the molecule is CN(C)c1cccc2c(S(=O)(=O)NCCC[N+](C)(C)CCCCOc3ccc(C(=O)c4ccccc4)cc3)cccc12.[Br-]. The number of quaternary nitrogens is 1. The van der Waals surface area contributed by atoms with Gasteiger partial charge in [0.15, 0.2) is 5.78 Å². The molecule has 4 aromatic carbocycles. The molecule has 0 saturated heterocycles. The molecule has 0 fully saturated rings. The van der Waals surface area contributed by atoms with Crippen LogP contribution in [0.1, 0.15) is 35.2 Å². The number of rotatable bonds is 15. The molecule has 0 aliphatic rings. The molecule has 0 saturated carbocycles. The Kier molecular flexibility index (Phi) is 12.3. The lowest BCUT2D eigenvalue weighted by atomic mass is 10.0. The third-order valence-electron chi connectivity index (χ3n) is 7.44. The van der Waals surface area contributed by atoms with Crippen LogP contribution in [0.5, 0.6) is 5.75 Å². The Morgan fingerprint density at radius 1 is 0.767 bits per heavy atom. The highest BCUT2D eigenvalue weighted by atomic mass is 79.9. The molecular formula is C34H42BrN3O4S. The summed E-state index contributed by atoms with van der Waals surface area (Å²) in [6.45, 7) is 2.82. The molecule has 7 nitrogen and oxygen atoms in total. The summed E-state index contributed by atoms with van der Waals surface area (Å²) in [6, 6.07) is 27.7. The summed E-state index contributed by atoms with van der Waals surface area (Å²) < 4.78 is 35.8. The molecule has 0 atom stereocenters. The largest absolute Gasteiger partial charge is 1.00 e. The van der Waals surface area contributed by atoms with Crippen LogP contribution in [0.3, 0.4) is 0 Å². The van der Waals surface area contributed by atoms with Crippen molar-refractivity contribution in [2.75, 3.05) is 59.3 Å². The van der Waals surface area contributed by atoms with Crippen LogP contribution in [0.25, 0.3) is 10.8 Å². The number of halogens is 1. The Labute approximate surface area is 266 Å². The van der Waals surface area contributed by atoms with Gasteiger partial charge in [-0.15, -0.1) is 0 Å². The molecule has 230 valence electrons. The standard InChI is InChI=1S/C34H42N3O4S.BrH/c1-36(2)32-17-10-16-31-30(32)15-11-18-33(31)42(39,40)35-23-12-25-37(3,4)24-8-9-26-41-29-21-19-28(20-22-29)34(38)27-13-6-5-7-14-27;/h5-7,10-11,13-22,35H,8-9,12,23-26H2,1-4H3;1H/q+1;/p-1. The van der Waals surface area contributed by atoms with Crippen LogP contribution < -0.4 is 31.3 Å². The zero-order chi connectivity index (χ0) is 30.2. The van der Waals surface area contributed by atoms with Crippen molar-refractivity contribution in [3.63, 3.8) is 0 Å². The molecule has 0 unspecified atom stereocenters. The lowest BCUT2D eigenvalue weighted by Gasteiger charge is -2.30. The Bertz CT molecular complexity index is 1590. The Hall–Kier alpha value is -3.24. The number of carbonyl (C=O) groups is 1. The van der Waals surface area contributed by atoms with Crippen molar-refractivity contribution in [3.05, 3.63) is 102 Å². The summed E-state index contributed by atoms with van der Waals surface area (Å²) in [7, 11) is 4.62. The van der Waals surface area contributed by atoms with Gasteiger partial charge in [0.05, 0.1) is 38.7 Å². The number of unbranched alkanes of at least 4 members (excludes halogenated alkanes) is 1. The zero-order valence-electron chi connectivity index (χ0n) is 25.4. The summed E-state index contributed by atoms with van der Waals surface area (Å²) >= 11 is 0. The normalized spacial score (nSPS) is 11.6. The van der Waals surface area contributed by atoms with E-state index in [1.54, 1.807) is 24.3 Å². The third kappa shape index (κ3) is 9.37. The fraction of sp³-hybridized carbons (Fsp3) is 0.324. The monoisotopic (exact) mass is 667 g/mol. The minimum absolute atomic E-state index is 0. The van der Waals surface area contributed by atoms with Crippen LogP contribution >= 0.6 is 0 Å². The maximum atomic E-state index is 13.2. The van der Waals surface area contributed by atoms with Gasteiger partial charge in [0.1, 0.15) is 5.75 Å². The summed E-state index contributed by atoms with van der Waals surface area (Å²) in [5.74, 6) is 0.756. The molecule has 0 heterocycles. The van der Waals surface area contributed by atoms with Crippen molar-refractivity contribution < 1.29 is 39.4 Å². The molecule has 43 heavy (non-hydrogen) atoms. The Morgan fingerprint density at radius 3 is 2.09 bits per heavy atom. The Morgan fingerprint density at radius 2 is 1.40 bits per heavy atom. The fourth-order valence-corrected chi connectivity index (χ4v) is 6.38. The van der Waals surface area contributed by atoms with Crippen molar-refractivity contribution in [1.29, 1.82) is 0 Å². The van der Waals surface area contributed by atoms with E-state index in [2.05, 4.69) is 18.8 Å². The fourth-order valence-electron chi connectivity index (χ4n) is 5.08. The van der Waals surface area contributed by atoms with Crippen molar-refractivity contribution in [2.45, 2.75) is 24.2 Å². The van der Waals surface area contributed by atoms with Gasteiger partial charge in [0, 0.05) is 54.6 Å². The molecule has 0 radical (unpaired) electrons. The lowest BCUT2D eigenvalue weighted by molar-refractivity contribution is -0.890. The van der Waals surface area contributed by atoms with E-state index in [0.29, 0.717) is 29.2 Å². The number of anilines is 1. The average Bonchev–Trinajstić information content (AvgIpc) is 2.99. The lowest BCUT2D eigenvalue weighted by Crippen LogP contribution is -3.00. The molecule has 4 aromatic rings. The molecule has 0 aromatic heterocycles. The first-order valence-corrected chi connectivity index (χ1v) is 15.9. The number of nitrogens with one attached hydrogen (secondary N) is 1. The van der Waals surface area contributed by atoms with Crippen molar-refractivity contribution in [2.24, 2.45) is 0 Å². The number of benzene rings is 4. The minimum Gasteiger partial charge on any atom is -1.00 e. The van der Waals surface area contributed by atoms with Gasteiger partial charge in [0.2, 0.25) is 10.0 Å². The highest BCUT2D eigenvalue weighted by Crippen LogP contribution is 2.30. The highest BCUT2D eigenvalue weighted by molar-refractivity contribution is 7.89. The van der Waals surface area contributed by atoms with Crippen LogP contribution in [0, 0.1) is 0 Å². The predicted octanol–water partition coefficient (Wildman–Crippen LogP) is 2.74. The van der Waals surface area contributed by atoms with E-state index in [0.717, 1.165) is 59.0 Å². The molecule has 0 spiro atoms. The number of nitrogens with zero attached hydrogens (tertiary/aromatic N) is 2. The second kappa shape index (κ2) is 15.5. The van der Waals surface area contributed by atoms with E-state index >= 15 is 0 Å². The van der Waals surface area contributed by atoms with Gasteiger partial charge in [-0.25, -0.2) is 13.1 Å². The van der Waals surface area contributed by atoms with Gasteiger partial charge in [-0.3, -0.25) is 4.79 Å². The van der Waals surface area contributed by atoms with Gasteiger partial charge in [-0.1, -0.05) is 54.6 Å². The first-order valence-electron chi connectivity index (χ1n) is 14.4. The first kappa shape index (κ1) is 34.3. The van der Waals surface area contributed by atoms with Gasteiger partial charge < -0.3 is 31.1 Å². The van der Waals surface area contributed by atoms with Crippen molar-refractivity contribution in [1.82, 2.24) is 4.72 Å². The Balaban J connectivity index is 0.00000506. The molecule has 9 heteroatoms. The van der Waals surface area contributed by atoms with E-state index in [1.807, 2.05) is 85.7 Å². The van der Waals surface area contributed by atoms with Crippen molar-refractivity contribution >= 4 is 32.3 Å². The number of hydrogen-bond acceptors (Lipinski definition) is 5. The molecule has 0 aliphatic carbocycles. The molecule has 0 bridgehead atoms. The summed E-state index contributed by atoms with van der Waals surface area (Å²) in [4.78, 5) is 14.9. The van der Waals surface area contributed by atoms with Gasteiger partial charge >= 0.3 is 0 Å². The van der Waals surface area contributed by atoms with Crippen LogP contribution in [0.2, 0.25) is 0 Å². The number of ether oxygens (including phenoxy) is 1. The van der Waals surface area contributed by atoms with E-state index < -0.39 is 10.0 Å². The molecule has 0 aliphatic heterocycles. The average molecular weight is 669 g/mol. The number of fused-ring (bicyclic) bond motifs is 1. The van der Waals surface area contributed by atoms with Crippen LogP contribution in [0.15, 0.2) is 95.9 Å². The maximum Gasteiger partial charge on any atom is 0.241 e. The topological polar surface area (TPSA) is 75.7 Å². The van der Waals surface area contributed by atoms with Gasteiger partial charge in [-0.05, 0) is 49.2 Å². The second-order valence-corrected chi connectivity index (χ2v) is 13.2. The van der Waals surface area contributed by atoms with Crippen LogP contribution in [0.4, 0.5) is 5.69 Å². The van der Waals surface area contributed by atoms with E-state index in [4.69, 9.17) is 4.74 Å². The second-order valence-electron chi connectivity index (χ2n) is 11.4.